The van der Waals surface area contributed by atoms with Crippen molar-refractivity contribution in [2.45, 2.75) is 32.7 Å². The van der Waals surface area contributed by atoms with Crippen LogP contribution >= 0.6 is 12.4 Å². The Morgan fingerprint density at radius 3 is 2.48 bits per heavy atom. The summed E-state index contributed by atoms with van der Waals surface area (Å²) in [6.45, 7) is 5.43. The molecule has 1 fully saturated rings. The number of hydrogen-bond acceptors (Lipinski definition) is 5. The van der Waals surface area contributed by atoms with Gasteiger partial charge in [0.1, 0.15) is 12.3 Å². The minimum Gasteiger partial charge on any atom is -0.466 e. The Morgan fingerprint density at radius 2 is 1.83 bits per heavy atom. The van der Waals surface area contributed by atoms with Gasteiger partial charge in [-0.05, 0) is 32.3 Å². The number of ether oxygens (including phenoxy) is 1. The summed E-state index contributed by atoms with van der Waals surface area (Å²) in [5, 5.41) is 7.87. The molecule has 2 aromatic carbocycles. The Bertz CT molecular complexity index is 803. The minimum absolute atomic E-state index is 0. The normalized spacial score (nSPS) is 19.2. The molecule has 0 saturated carbocycles. The van der Waals surface area contributed by atoms with Crippen LogP contribution in [0.25, 0.3) is 0 Å². The highest BCUT2D eigenvalue weighted by Gasteiger charge is 2.27. The third-order valence-electron chi connectivity index (χ3n) is 5.02. The van der Waals surface area contributed by atoms with Crippen molar-refractivity contribution < 1.29 is 14.4 Å². The van der Waals surface area contributed by atoms with Gasteiger partial charge in [-0.25, -0.2) is 0 Å². The summed E-state index contributed by atoms with van der Waals surface area (Å²) in [5.41, 5.74) is 4.07. The molecule has 0 aromatic heterocycles. The zero-order valence-electron chi connectivity index (χ0n) is 17.0. The van der Waals surface area contributed by atoms with Gasteiger partial charge in [0.2, 0.25) is 0 Å². The van der Waals surface area contributed by atoms with Gasteiger partial charge < -0.3 is 14.9 Å². The standard InChI is InChI=1S/C23H28N2O3.ClH/c1-3-27-23(26)19-13-14-20(24-15-19)16-28-25-22(18-10-5-4-6-11-18)21-12-8-7-9-17(21)2;/h4-12,19-20,24H,3,13-16H2,1-2H3;1H/b25-22-;/t19-,20-;/m1./s1. The first-order chi connectivity index (χ1) is 13.7. The highest BCUT2D eigenvalue weighted by molar-refractivity contribution is 6.13. The molecular weight excluding hydrogens is 388 g/mol. The number of oxime groups is 1. The highest BCUT2D eigenvalue weighted by atomic mass is 35.5. The van der Waals surface area contributed by atoms with Crippen LogP contribution in [0.4, 0.5) is 0 Å². The molecule has 1 aliphatic heterocycles. The molecule has 5 nitrogen and oxygen atoms in total. The molecule has 0 spiro atoms. The summed E-state index contributed by atoms with van der Waals surface area (Å²) in [6.07, 6.45) is 1.68. The van der Waals surface area contributed by atoms with Crippen LogP contribution in [0.3, 0.4) is 0 Å². The maximum absolute atomic E-state index is 11.8. The smallest absolute Gasteiger partial charge is 0.310 e. The first-order valence-electron chi connectivity index (χ1n) is 9.90. The van der Waals surface area contributed by atoms with Crippen molar-refractivity contribution in [2.75, 3.05) is 19.8 Å². The number of nitrogens with zero attached hydrogens (tertiary/aromatic N) is 1. The first-order valence-corrected chi connectivity index (χ1v) is 9.90. The summed E-state index contributed by atoms with van der Waals surface area (Å²) in [6, 6.07) is 18.4. The van der Waals surface area contributed by atoms with E-state index in [1.807, 2.05) is 49.4 Å². The second-order valence-corrected chi connectivity index (χ2v) is 7.05. The number of hydrogen-bond donors (Lipinski definition) is 1. The molecule has 2 atom stereocenters. The molecule has 1 heterocycles. The SMILES string of the molecule is CCOC(=O)[C@@H]1CC[C@H](CO/N=C(/c2ccccc2)c2ccccc2C)NC1.Cl. The molecule has 0 unspecified atom stereocenters. The number of aryl methyl sites for hydroxylation is 1. The van der Waals surface area contributed by atoms with Gasteiger partial charge in [-0.15, -0.1) is 12.4 Å². The summed E-state index contributed by atoms with van der Waals surface area (Å²) in [5.74, 6) is -0.176. The fourth-order valence-electron chi connectivity index (χ4n) is 3.40. The van der Waals surface area contributed by atoms with E-state index in [2.05, 4.69) is 29.5 Å². The van der Waals surface area contributed by atoms with Crippen LogP contribution in [-0.4, -0.2) is 37.5 Å². The predicted molar refractivity (Wildman–Crippen MR) is 118 cm³/mol. The Morgan fingerprint density at radius 1 is 1.10 bits per heavy atom. The predicted octanol–water partition coefficient (Wildman–Crippen LogP) is 4.12. The molecule has 2 aromatic rings. The largest absolute Gasteiger partial charge is 0.466 e. The number of piperidine rings is 1. The van der Waals surface area contributed by atoms with Crippen LogP contribution in [0.2, 0.25) is 0 Å². The lowest BCUT2D eigenvalue weighted by molar-refractivity contribution is -0.148. The minimum atomic E-state index is -0.113. The molecule has 0 radical (unpaired) electrons. The molecule has 156 valence electrons. The summed E-state index contributed by atoms with van der Waals surface area (Å²) >= 11 is 0. The first kappa shape index (κ1) is 22.9. The van der Waals surface area contributed by atoms with E-state index >= 15 is 0 Å². The lowest BCUT2D eigenvalue weighted by Gasteiger charge is -2.27. The van der Waals surface area contributed by atoms with Crippen molar-refractivity contribution in [3.63, 3.8) is 0 Å². The van der Waals surface area contributed by atoms with Crippen LogP contribution in [0, 0.1) is 12.8 Å². The van der Waals surface area contributed by atoms with Crippen LogP contribution in [0.15, 0.2) is 59.8 Å². The molecule has 3 rings (SSSR count). The van der Waals surface area contributed by atoms with Crippen LogP contribution < -0.4 is 5.32 Å². The van der Waals surface area contributed by atoms with Crippen molar-refractivity contribution in [2.24, 2.45) is 11.1 Å². The molecular formula is C23H29ClN2O3. The second-order valence-electron chi connectivity index (χ2n) is 7.05. The van der Waals surface area contributed by atoms with Gasteiger partial charge in [-0.2, -0.15) is 0 Å². The van der Waals surface area contributed by atoms with Crippen LogP contribution in [-0.2, 0) is 14.4 Å². The van der Waals surface area contributed by atoms with Crippen molar-refractivity contribution in [1.29, 1.82) is 0 Å². The monoisotopic (exact) mass is 416 g/mol. The van der Waals surface area contributed by atoms with Gasteiger partial charge in [-0.3, -0.25) is 4.79 Å². The average molecular weight is 417 g/mol. The number of carbonyl (C=O) groups is 1. The van der Waals surface area contributed by atoms with Crippen molar-refractivity contribution in [3.8, 4) is 0 Å². The molecule has 0 amide bonds. The Labute approximate surface area is 178 Å². The van der Waals surface area contributed by atoms with E-state index in [0.717, 1.165) is 35.2 Å². The summed E-state index contributed by atoms with van der Waals surface area (Å²) in [7, 11) is 0. The lowest BCUT2D eigenvalue weighted by atomic mass is 9.95. The topological polar surface area (TPSA) is 59.9 Å². The van der Waals surface area contributed by atoms with E-state index in [0.29, 0.717) is 19.8 Å². The number of halogens is 1. The fraction of sp³-hybridized carbons (Fsp3) is 0.391. The number of rotatable bonds is 7. The fourth-order valence-corrected chi connectivity index (χ4v) is 3.40. The zero-order chi connectivity index (χ0) is 19.8. The van der Waals surface area contributed by atoms with Gasteiger partial charge in [0, 0.05) is 23.7 Å². The Hall–Kier alpha value is -2.37. The van der Waals surface area contributed by atoms with Gasteiger partial charge in [0.25, 0.3) is 0 Å². The van der Waals surface area contributed by atoms with E-state index in [1.165, 1.54) is 0 Å². The van der Waals surface area contributed by atoms with Crippen molar-refractivity contribution in [3.05, 3.63) is 71.3 Å². The Kier molecular flexibility index (Phi) is 9.16. The lowest BCUT2D eigenvalue weighted by Crippen LogP contribution is -2.44. The van der Waals surface area contributed by atoms with E-state index in [1.54, 1.807) is 0 Å². The van der Waals surface area contributed by atoms with Gasteiger partial charge in [0.05, 0.1) is 12.5 Å². The number of carbonyl (C=O) groups excluding carboxylic acids is 1. The average Bonchev–Trinajstić information content (AvgIpc) is 2.73. The second kappa shape index (κ2) is 11.6. The number of esters is 1. The molecule has 1 saturated heterocycles. The third kappa shape index (κ3) is 6.31. The molecule has 29 heavy (non-hydrogen) atoms. The van der Waals surface area contributed by atoms with E-state index in [4.69, 9.17) is 9.57 Å². The molecule has 0 aliphatic carbocycles. The van der Waals surface area contributed by atoms with E-state index in [9.17, 15) is 4.79 Å². The zero-order valence-corrected chi connectivity index (χ0v) is 17.8. The molecule has 1 N–H and O–H groups in total. The highest BCUT2D eigenvalue weighted by Crippen LogP contribution is 2.18. The maximum Gasteiger partial charge on any atom is 0.310 e. The van der Waals surface area contributed by atoms with Crippen molar-refractivity contribution in [1.82, 2.24) is 5.32 Å². The van der Waals surface area contributed by atoms with Crippen molar-refractivity contribution >= 4 is 24.1 Å². The quantitative estimate of drug-likeness (QED) is 0.419. The van der Waals surface area contributed by atoms with Crippen LogP contribution in [0.1, 0.15) is 36.5 Å². The number of nitrogens with one attached hydrogen (secondary N) is 1. The summed E-state index contributed by atoms with van der Waals surface area (Å²) in [4.78, 5) is 17.6. The molecule has 6 heteroatoms. The van der Waals surface area contributed by atoms with Gasteiger partial charge in [0.15, 0.2) is 0 Å². The molecule has 0 bridgehead atoms. The summed E-state index contributed by atoms with van der Waals surface area (Å²) < 4.78 is 5.11. The third-order valence-corrected chi connectivity index (χ3v) is 5.02. The molecule has 1 aliphatic rings. The number of benzene rings is 2. The van der Waals surface area contributed by atoms with Gasteiger partial charge >= 0.3 is 5.97 Å². The van der Waals surface area contributed by atoms with E-state index in [-0.39, 0.29) is 30.3 Å². The van der Waals surface area contributed by atoms with Gasteiger partial charge in [-0.1, -0.05) is 59.8 Å². The van der Waals surface area contributed by atoms with Crippen LogP contribution in [0.5, 0.6) is 0 Å². The van der Waals surface area contributed by atoms with E-state index < -0.39 is 0 Å². The maximum atomic E-state index is 11.8. The Balaban J connectivity index is 0.00000300.